The van der Waals surface area contributed by atoms with Gasteiger partial charge in [-0.05, 0) is 37.1 Å². The second kappa shape index (κ2) is 4.34. The van der Waals surface area contributed by atoms with Crippen molar-refractivity contribution in [3.8, 4) is 0 Å². The standard InChI is InChI=1S/C13H12ClNO2/c1-7-4-8(2)9-6-10(13(16)17-3)12(14)15-11(9)5-7/h4-6H,1-3H3. The summed E-state index contributed by atoms with van der Waals surface area (Å²) >= 11 is 5.97. The number of pyridine rings is 1. The smallest absolute Gasteiger partial charge is 0.341 e. The van der Waals surface area contributed by atoms with Crippen LogP contribution in [-0.4, -0.2) is 18.1 Å². The van der Waals surface area contributed by atoms with E-state index < -0.39 is 5.97 Å². The van der Waals surface area contributed by atoms with E-state index in [1.807, 2.05) is 26.0 Å². The van der Waals surface area contributed by atoms with Gasteiger partial charge in [0, 0.05) is 5.39 Å². The number of hydrogen-bond donors (Lipinski definition) is 0. The van der Waals surface area contributed by atoms with E-state index in [4.69, 9.17) is 11.6 Å². The van der Waals surface area contributed by atoms with Crippen LogP contribution >= 0.6 is 11.6 Å². The molecule has 0 unspecified atom stereocenters. The second-order valence-electron chi connectivity index (χ2n) is 3.97. The molecule has 0 saturated carbocycles. The molecule has 0 amide bonds. The van der Waals surface area contributed by atoms with Crippen molar-refractivity contribution in [2.45, 2.75) is 13.8 Å². The van der Waals surface area contributed by atoms with Gasteiger partial charge in [-0.3, -0.25) is 0 Å². The Labute approximate surface area is 104 Å². The molecule has 0 aliphatic carbocycles. The van der Waals surface area contributed by atoms with Gasteiger partial charge in [0.05, 0.1) is 18.2 Å². The molecule has 1 heterocycles. The maximum Gasteiger partial charge on any atom is 0.341 e. The Morgan fingerprint density at radius 2 is 2.00 bits per heavy atom. The highest BCUT2D eigenvalue weighted by Crippen LogP contribution is 2.24. The Kier molecular flexibility index (Phi) is 3.03. The van der Waals surface area contributed by atoms with Crippen LogP contribution in [0.4, 0.5) is 0 Å². The highest BCUT2D eigenvalue weighted by atomic mass is 35.5. The predicted octanol–water partition coefficient (Wildman–Crippen LogP) is 3.29. The number of aryl methyl sites for hydroxylation is 2. The van der Waals surface area contributed by atoms with Crippen molar-refractivity contribution >= 4 is 28.5 Å². The van der Waals surface area contributed by atoms with Crippen LogP contribution in [0.15, 0.2) is 18.2 Å². The number of carbonyl (C=O) groups excluding carboxylic acids is 1. The third-order valence-corrected chi connectivity index (χ3v) is 2.93. The van der Waals surface area contributed by atoms with Crippen LogP contribution in [-0.2, 0) is 4.74 Å². The summed E-state index contributed by atoms with van der Waals surface area (Å²) in [6, 6.07) is 5.71. The van der Waals surface area contributed by atoms with E-state index in [9.17, 15) is 4.79 Å². The predicted molar refractivity (Wildman–Crippen MR) is 67.6 cm³/mol. The topological polar surface area (TPSA) is 39.2 Å². The number of fused-ring (bicyclic) bond motifs is 1. The quantitative estimate of drug-likeness (QED) is 0.575. The van der Waals surface area contributed by atoms with Gasteiger partial charge in [-0.2, -0.15) is 0 Å². The van der Waals surface area contributed by atoms with Gasteiger partial charge >= 0.3 is 5.97 Å². The third kappa shape index (κ3) is 2.11. The fourth-order valence-corrected chi connectivity index (χ4v) is 2.08. The first-order valence-electron chi connectivity index (χ1n) is 5.18. The molecule has 0 fully saturated rings. The number of nitrogens with zero attached hydrogens (tertiary/aromatic N) is 1. The summed E-state index contributed by atoms with van der Waals surface area (Å²) in [5.41, 5.74) is 3.27. The molecule has 17 heavy (non-hydrogen) atoms. The number of aromatic nitrogens is 1. The summed E-state index contributed by atoms with van der Waals surface area (Å²) in [5, 5.41) is 1.09. The minimum absolute atomic E-state index is 0.175. The first kappa shape index (κ1) is 11.9. The molecule has 2 rings (SSSR count). The van der Waals surface area contributed by atoms with Crippen LogP contribution in [0.2, 0.25) is 5.15 Å². The molecule has 4 heteroatoms. The van der Waals surface area contributed by atoms with E-state index in [0.29, 0.717) is 5.56 Å². The number of esters is 1. The molecule has 2 aromatic rings. The van der Waals surface area contributed by atoms with E-state index in [2.05, 4.69) is 9.72 Å². The van der Waals surface area contributed by atoms with Crippen LogP contribution in [0.25, 0.3) is 10.9 Å². The number of benzene rings is 1. The lowest BCUT2D eigenvalue weighted by atomic mass is 10.0. The molecule has 0 radical (unpaired) electrons. The second-order valence-corrected chi connectivity index (χ2v) is 4.32. The van der Waals surface area contributed by atoms with E-state index in [1.165, 1.54) is 7.11 Å². The van der Waals surface area contributed by atoms with Gasteiger partial charge in [0.1, 0.15) is 5.15 Å². The van der Waals surface area contributed by atoms with E-state index in [0.717, 1.165) is 22.0 Å². The Morgan fingerprint density at radius 3 is 2.65 bits per heavy atom. The number of hydrogen-bond acceptors (Lipinski definition) is 3. The highest BCUT2D eigenvalue weighted by Gasteiger charge is 2.14. The summed E-state index contributed by atoms with van der Waals surface area (Å²) in [6.07, 6.45) is 0. The molecule has 88 valence electrons. The van der Waals surface area contributed by atoms with Crippen molar-refractivity contribution in [3.63, 3.8) is 0 Å². The average Bonchev–Trinajstić information content (AvgIpc) is 2.27. The van der Waals surface area contributed by atoms with Crippen molar-refractivity contribution in [1.82, 2.24) is 4.98 Å². The molecule has 0 atom stereocenters. The lowest BCUT2D eigenvalue weighted by Crippen LogP contribution is -2.03. The molecular weight excluding hydrogens is 238 g/mol. The maximum absolute atomic E-state index is 11.5. The lowest BCUT2D eigenvalue weighted by molar-refractivity contribution is 0.0600. The summed E-state index contributed by atoms with van der Waals surface area (Å²) in [4.78, 5) is 15.7. The van der Waals surface area contributed by atoms with Crippen molar-refractivity contribution in [2.75, 3.05) is 7.11 Å². The van der Waals surface area contributed by atoms with Gasteiger partial charge in [-0.25, -0.2) is 9.78 Å². The summed E-state index contributed by atoms with van der Waals surface area (Å²) in [7, 11) is 1.32. The minimum Gasteiger partial charge on any atom is -0.465 e. The Morgan fingerprint density at radius 1 is 1.29 bits per heavy atom. The van der Waals surface area contributed by atoms with Gasteiger partial charge in [-0.15, -0.1) is 0 Å². The van der Waals surface area contributed by atoms with E-state index in [1.54, 1.807) is 6.07 Å². The molecule has 1 aromatic carbocycles. The summed E-state index contributed by atoms with van der Waals surface area (Å²) < 4.78 is 4.67. The summed E-state index contributed by atoms with van der Waals surface area (Å²) in [5.74, 6) is -0.468. The van der Waals surface area contributed by atoms with Gasteiger partial charge in [0.2, 0.25) is 0 Å². The number of halogens is 1. The average molecular weight is 250 g/mol. The van der Waals surface area contributed by atoms with Crippen LogP contribution in [0.5, 0.6) is 0 Å². The Bertz CT molecular complexity index is 608. The van der Waals surface area contributed by atoms with Crippen LogP contribution in [0.1, 0.15) is 21.5 Å². The monoisotopic (exact) mass is 249 g/mol. The molecule has 0 saturated heterocycles. The number of ether oxygens (including phenoxy) is 1. The number of carbonyl (C=O) groups is 1. The maximum atomic E-state index is 11.5. The zero-order valence-corrected chi connectivity index (χ0v) is 10.6. The minimum atomic E-state index is -0.468. The van der Waals surface area contributed by atoms with Gasteiger partial charge in [0.25, 0.3) is 0 Å². The molecule has 3 nitrogen and oxygen atoms in total. The molecular formula is C13H12ClNO2. The lowest BCUT2D eigenvalue weighted by Gasteiger charge is -2.07. The first-order chi connectivity index (χ1) is 8.02. The molecule has 0 bridgehead atoms. The summed E-state index contributed by atoms with van der Waals surface area (Å²) in [6.45, 7) is 3.97. The zero-order valence-electron chi connectivity index (χ0n) is 9.87. The van der Waals surface area contributed by atoms with Crippen molar-refractivity contribution in [3.05, 3.63) is 40.0 Å². The molecule has 1 aromatic heterocycles. The fourth-order valence-electron chi connectivity index (χ4n) is 1.86. The van der Waals surface area contributed by atoms with Crippen LogP contribution in [0, 0.1) is 13.8 Å². The number of rotatable bonds is 1. The normalized spacial score (nSPS) is 10.6. The van der Waals surface area contributed by atoms with Crippen molar-refractivity contribution in [2.24, 2.45) is 0 Å². The molecule has 0 aliphatic rings. The van der Waals surface area contributed by atoms with Crippen molar-refractivity contribution < 1.29 is 9.53 Å². The fraction of sp³-hybridized carbons (Fsp3) is 0.231. The zero-order chi connectivity index (χ0) is 12.6. The third-order valence-electron chi connectivity index (χ3n) is 2.64. The molecule has 0 N–H and O–H groups in total. The highest BCUT2D eigenvalue weighted by molar-refractivity contribution is 6.33. The van der Waals surface area contributed by atoms with Crippen LogP contribution < -0.4 is 0 Å². The van der Waals surface area contributed by atoms with Crippen LogP contribution in [0.3, 0.4) is 0 Å². The molecule has 0 spiro atoms. The van der Waals surface area contributed by atoms with Gasteiger partial charge in [0.15, 0.2) is 0 Å². The number of methoxy groups -OCH3 is 1. The van der Waals surface area contributed by atoms with Gasteiger partial charge < -0.3 is 4.74 Å². The SMILES string of the molecule is COC(=O)c1cc2c(C)cc(C)cc2nc1Cl. The van der Waals surface area contributed by atoms with Gasteiger partial charge in [-0.1, -0.05) is 17.7 Å². The van der Waals surface area contributed by atoms with E-state index in [-0.39, 0.29) is 5.15 Å². The Hall–Kier alpha value is -1.61. The molecule has 0 aliphatic heterocycles. The van der Waals surface area contributed by atoms with E-state index >= 15 is 0 Å². The Balaban J connectivity index is 2.76. The largest absolute Gasteiger partial charge is 0.465 e. The first-order valence-corrected chi connectivity index (χ1v) is 5.56. The van der Waals surface area contributed by atoms with Crippen molar-refractivity contribution in [1.29, 1.82) is 0 Å².